The molecule has 2 heteroatoms. The molecule has 0 spiro atoms. The maximum absolute atomic E-state index is 6.53. The fraction of sp³-hybridized carbons (Fsp3) is 1.00. The zero-order chi connectivity index (χ0) is 13.3. The molecular formula is C16H32N2. The number of nitrogens with zero attached hydrogens (tertiary/aromatic N) is 1. The zero-order valence-electron chi connectivity index (χ0n) is 12.8. The predicted octanol–water partition coefficient (Wildman–Crippen LogP) is 3.26. The first-order valence-corrected chi connectivity index (χ1v) is 7.90. The molecule has 4 unspecified atom stereocenters. The lowest BCUT2D eigenvalue weighted by Crippen LogP contribution is -2.52. The van der Waals surface area contributed by atoms with Gasteiger partial charge in [0.05, 0.1) is 0 Å². The molecule has 0 aromatic rings. The topological polar surface area (TPSA) is 29.3 Å². The SMILES string of the molecule is CC1CCC(C)N(CC2CCCC(C)(C)C2N)C1. The molecule has 1 saturated heterocycles. The van der Waals surface area contributed by atoms with Gasteiger partial charge in [-0.05, 0) is 49.9 Å². The van der Waals surface area contributed by atoms with E-state index in [9.17, 15) is 0 Å². The Balaban J connectivity index is 1.95. The molecule has 0 aromatic heterocycles. The Labute approximate surface area is 113 Å². The lowest BCUT2D eigenvalue weighted by Gasteiger charge is -2.46. The van der Waals surface area contributed by atoms with Crippen LogP contribution in [0.25, 0.3) is 0 Å². The fourth-order valence-corrected chi connectivity index (χ4v) is 3.94. The standard InChI is InChI=1S/C16H32N2/c1-12-7-8-13(2)18(10-12)11-14-6-5-9-16(3,4)15(14)17/h12-15H,5-11,17H2,1-4H3. The number of nitrogens with two attached hydrogens (primary N) is 1. The normalized spacial score (nSPS) is 41.8. The van der Waals surface area contributed by atoms with E-state index in [0.29, 0.717) is 17.4 Å². The largest absolute Gasteiger partial charge is 0.327 e. The van der Waals surface area contributed by atoms with Crippen molar-refractivity contribution in [3.63, 3.8) is 0 Å². The molecule has 0 bridgehead atoms. The fourth-order valence-electron chi connectivity index (χ4n) is 3.94. The number of piperidine rings is 1. The predicted molar refractivity (Wildman–Crippen MR) is 78.5 cm³/mol. The lowest BCUT2D eigenvalue weighted by molar-refractivity contribution is 0.0586. The summed E-state index contributed by atoms with van der Waals surface area (Å²) in [5.74, 6) is 1.58. The third-order valence-electron chi connectivity index (χ3n) is 5.52. The quantitative estimate of drug-likeness (QED) is 0.817. The second-order valence-corrected chi connectivity index (χ2v) is 7.65. The Kier molecular flexibility index (Phi) is 4.38. The Hall–Kier alpha value is -0.0800. The van der Waals surface area contributed by atoms with Gasteiger partial charge in [0.2, 0.25) is 0 Å². The molecule has 2 aliphatic rings. The van der Waals surface area contributed by atoms with Crippen LogP contribution in [0.3, 0.4) is 0 Å². The van der Waals surface area contributed by atoms with Crippen molar-refractivity contribution in [2.75, 3.05) is 13.1 Å². The van der Waals surface area contributed by atoms with Gasteiger partial charge in [-0.3, -0.25) is 0 Å². The Morgan fingerprint density at radius 3 is 2.61 bits per heavy atom. The molecule has 0 aromatic carbocycles. The van der Waals surface area contributed by atoms with Gasteiger partial charge < -0.3 is 10.6 Å². The van der Waals surface area contributed by atoms with Crippen LogP contribution in [0.15, 0.2) is 0 Å². The van der Waals surface area contributed by atoms with Crippen molar-refractivity contribution in [2.45, 2.75) is 71.9 Å². The molecule has 2 N–H and O–H groups in total. The number of rotatable bonds is 2. The van der Waals surface area contributed by atoms with Crippen LogP contribution in [-0.2, 0) is 0 Å². The summed E-state index contributed by atoms with van der Waals surface area (Å²) in [4.78, 5) is 2.71. The van der Waals surface area contributed by atoms with E-state index in [0.717, 1.165) is 12.0 Å². The van der Waals surface area contributed by atoms with Crippen molar-refractivity contribution in [3.05, 3.63) is 0 Å². The smallest absolute Gasteiger partial charge is 0.0131 e. The second-order valence-electron chi connectivity index (χ2n) is 7.65. The van der Waals surface area contributed by atoms with E-state index < -0.39 is 0 Å². The molecule has 2 rings (SSSR count). The average Bonchev–Trinajstić information content (AvgIpc) is 2.30. The van der Waals surface area contributed by atoms with Crippen molar-refractivity contribution < 1.29 is 0 Å². The average molecular weight is 252 g/mol. The first-order valence-electron chi connectivity index (χ1n) is 7.90. The molecule has 0 radical (unpaired) electrons. The van der Waals surface area contributed by atoms with Crippen molar-refractivity contribution in [3.8, 4) is 0 Å². The van der Waals surface area contributed by atoms with E-state index >= 15 is 0 Å². The van der Waals surface area contributed by atoms with Gasteiger partial charge in [-0.15, -0.1) is 0 Å². The van der Waals surface area contributed by atoms with Gasteiger partial charge in [-0.1, -0.05) is 27.2 Å². The minimum atomic E-state index is 0.341. The molecule has 1 aliphatic carbocycles. The van der Waals surface area contributed by atoms with Crippen LogP contribution in [0, 0.1) is 17.3 Å². The zero-order valence-corrected chi connectivity index (χ0v) is 12.8. The molecular weight excluding hydrogens is 220 g/mol. The van der Waals surface area contributed by atoms with Gasteiger partial charge in [0.15, 0.2) is 0 Å². The minimum absolute atomic E-state index is 0.341. The summed E-state index contributed by atoms with van der Waals surface area (Å²) >= 11 is 0. The Bertz CT molecular complexity index is 274. The van der Waals surface area contributed by atoms with Crippen LogP contribution in [0.2, 0.25) is 0 Å². The third kappa shape index (κ3) is 3.08. The first-order chi connectivity index (χ1) is 8.40. The highest BCUT2D eigenvalue weighted by Crippen LogP contribution is 2.38. The highest BCUT2D eigenvalue weighted by atomic mass is 15.2. The maximum Gasteiger partial charge on any atom is 0.0131 e. The van der Waals surface area contributed by atoms with Crippen molar-refractivity contribution in [1.29, 1.82) is 0 Å². The van der Waals surface area contributed by atoms with Crippen molar-refractivity contribution in [1.82, 2.24) is 4.90 Å². The van der Waals surface area contributed by atoms with Crippen LogP contribution in [0.5, 0.6) is 0 Å². The molecule has 2 fully saturated rings. The summed E-state index contributed by atoms with van der Waals surface area (Å²) in [5.41, 5.74) is 6.87. The van der Waals surface area contributed by atoms with Crippen LogP contribution in [-0.4, -0.2) is 30.1 Å². The van der Waals surface area contributed by atoms with Gasteiger partial charge in [-0.2, -0.15) is 0 Å². The van der Waals surface area contributed by atoms with E-state index in [1.807, 2.05) is 0 Å². The van der Waals surface area contributed by atoms with Gasteiger partial charge >= 0.3 is 0 Å². The third-order valence-corrected chi connectivity index (χ3v) is 5.52. The summed E-state index contributed by atoms with van der Waals surface area (Å²) in [6.07, 6.45) is 6.77. The van der Waals surface area contributed by atoms with Crippen LogP contribution < -0.4 is 5.73 Å². The summed E-state index contributed by atoms with van der Waals surface area (Å²) in [5, 5.41) is 0. The van der Waals surface area contributed by atoms with Crippen LogP contribution in [0.4, 0.5) is 0 Å². The first kappa shape index (κ1) is 14.3. The Morgan fingerprint density at radius 1 is 1.17 bits per heavy atom. The molecule has 1 saturated carbocycles. The molecule has 0 amide bonds. The van der Waals surface area contributed by atoms with Crippen LogP contribution in [0.1, 0.15) is 59.8 Å². The summed E-state index contributed by atoms with van der Waals surface area (Å²) in [6, 6.07) is 1.15. The second kappa shape index (κ2) is 5.50. The van der Waals surface area contributed by atoms with Gasteiger partial charge in [0, 0.05) is 25.2 Å². The lowest BCUT2D eigenvalue weighted by atomic mass is 9.68. The van der Waals surface area contributed by atoms with E-state index in [1.165, 1.54) is 45.2 Å². The maximum atomic E-state index is 6.53. The highest BCUT2D eigenvalue weighted by molar-refractivity contribution is 4.93. The molecule has 1 heterocycles. The molecule has 1 aliphatic heterocycles. The summed E-state index contributed by atoms with van der Waals surface area (Å²) in [6.45, 7) is 12.0. The summed E-state index contributed by atoms with van der Waals surface area (Å²) < 4.78 is 0. The van der Waals surface area contributed by atoms with E-state index in [-0.39, 0.29) is 0 Å². The Morgan fingerprint density at radius 2 is 1.89 bits per heavy atom. The van der Waals surface area contributed by atoms with Gasteiger partial charge in [0.25, 0.3) is 0 Å². The number of hydrogen-bond acceptors (Lipinski definition) is 2. The van der Waals surface area contributed by atoms with Crippen molar-refractivity contribution in [2.24, 2.45) is 23.0 Å². The monoisotopic (exact) mass is 252 g/mol. The van der Waals surface area contributed by atoms with E-state index in [4.69, 9.17) is 5.73 Å². The van der Waals surface area contributed by atoms with E-state index in [1.54, 1.807) is 0 Å². The van der Waals surface area contributed by atoms with E-state index in [2.05, 4.69) is 32.6 Å². The number of likely N-dealkylation sites (tertiary alicyclic amines) is 1. The van der Waals surface area contributed by atoms with Gasteiger partial charge in [0.1, 0.15) is 0 Å². The summed E-state index contributed by atoms with van der Waals surface area (Å²) in [7, 11) is 0. The van der Waals surface area contributed by atoms with Crippen molar-refractivity contribution >= 4 is 0 Å². The minimum Gasteiger partial charge on any atom is -0.327 e. The number of hydrogen-bond donors (Lipinski definition) is 1. The molecule has 4 atom stereocenters. The van der Waals surface area contributed by atoms with Crippen LogP contribution >= 0.6 is 0 Å². The molecule has 106 valence electrons. The molecule has 2 nitrogen and oxygen atoms in total. The van der Waals surface area contributed by atoms with Gasteiger partial charge in [-0.25, -0.2) is 0 Å². The highest BCUT2D eigenvalue weighted by Gasteiger charge is 2.38. The molecule has 18 heavy (non-hydrogen) atoms.